The predicted molar refractivity (Wildman–Crippen MR) is 74.7 cm³/mol. The lowest BCUT2D eigenvalue weighted by Gasteiger charge is -2.14. The summed E-state index contributed by atoms with van der Waals surface area (Å²) >= 11 is 0. The molecule has 0 aromatic heterocycles. The van der Waals surface area contributed by atoms with Crippen molar-refractivity contribution in [3.8, 4) is 0 Å². The van der Waals surface area contributed by atoms with E-state index in [2.05, 4.69) is 4.72 Å². The van der Waals surface area contributed by atoms with E-state index in [-0.39, 0.29) is 16.0 Å². The highest BCUT2D eigenvalue weighted by molar-refractivity contribution is 7.89. The number of nitrogen functional groups attached to an aromatic ring is 1. The van der Waals surface area contributed by atoms with Crippen LogP contribution in [-0.2, 0) is 10.0 Å². The number of benzene rings is 1. The summed E-state index contributed by atoms with van der Waals surface area (Å²) in [4.78, 5) is 9.84. The normalized spacial score (nSPS) is 16.9. The molecule has 8 heteroatoms. The Morgan fingerprint density at radius 2 is 2.10 bits per heavy atom. The van der Waals surface area contributed by atoms with Crippen LogP contribution < -0.4 is 10.5 Å². The third kappa shape index (κ3) is 2.75. The molecule has 1 aromatic carbocycles. The van der Waals surface area contributed by atoms with Gasteiger partial charge in [0.05, 0.1) is 4.92 Å². The molecule has 2 rings (SSSR count). The smallest absolute Gasteiger partial charge is 0.312 e. The van der Waals surface area contributed by atoms with E-state index < -0.39 is 20.6 Å². The monoisotopic (exact) mass is 299 g/mol. The molecule has 0 unspecified atom stereocenters. The maximum absolute atomic E-state index is 12.2. The van der Waals surface area contributed by atoms with Gasteiger partial charge in [-0.25, -0.2) is 13.1 Å². The number of para-hydroxylation sites is 1. The van der Waals surface area contributed by atoms with Crippen LogP contribution >= 0.6 is 0 Å². The molecule has 7 nitrogen and oxygen atoms in total. The predicted octanol–water partition coefficient (Wildman–Crippen LogP) is 1.65. The minimum absolute atomic E-state index is 0.0160. The van der Waals surface area contributed by atoms with Crippen LogP contribution in [-0.4, -0.2) is 19.9 Å². The highest BCUT2D eigenvalue weighted by Crippen LogP contribution is 2.48. The zero-order valence-corrected chi connectivity index (χ0v) is 11.9. The fraction of sp³-hybridized carbons (Fsp3) is 0.500. The van der Waals surface area contributed by atoms with Gasteiger partial charge in [0.25, 0.3) is 0 Å². The molecule has 110 valence electrons. The molecule has 0 radical (unpaired) electrons. The zero-order chi connectivity index (χ0) is 15.0. The van der Waals surface area contributed by atoms with E-state index in [1.54, 1.807) is 0 Å². The number of nitrogens with one attached hydrogen (secondary N) is 1. The second-order valence-electron chi connectivity index (χ2n) is 5.13. The molecule has 1 aliphatic carbocycles. The Balaban J connectivity index is 2.30. The average Bonchev–Trinajstić information content (AvgIpc) is 3.16. The van der Waals surface area contributed by atoms with Gasteiger partial charge in [0.15, 0.2) is 4.90 Å². The van der Waals surface area contributed by atoms with Gasteiger partial charge in [-0.05, 0) is 36.8 Å². The molecular weight excluding hydrogens is 282 g/mol. The van der Waals surface area contributed by atoms with E-state index in [1.807, 2.05) is 6.92 Å². The highest BCUT2D eigenvalue weighted by atomic mass is 32.2. The van der Waals surface area contributed by atoms with Gasteiger partial charge >= 0.3 is 5.69 Å². The van der Waals surface area contributed by atoms with Crippen molar-refractivity contribution >= 4 is 21.4 Å². The number of hydrogen-bond acceptors (Lipinski definition) is 5. The molecular formula is C12H17N3O4S. The Morgan fingerprint density at radius 3 is 2.60 bits per heavy atom. The largest absolute Gasteiger partial charge is 0.393 e. The number of nitro benzene ring substituents is 1. The Labute approximate surface area is 117 Å². The summed E-state index contributed by atoms with van der Waals surface area (Å²) in [6, 6.07) is 3.90. The molecule has 0 amide bonds. The van der Waals surface area contributed by atoms with Gasteiger partial charge in [-0.1, -0.05) is 13.0 Å². The number of anilines is 1. The van der Waals surface area contributed by atoms with E-state index in [0.717, 1.165) is 19.3 Å². The molecule has 1 aliphatic rings. The fourth-order valence-electron chi connectivity index (χ4n) is 2.11. The lowest BCUT2D eigenvalue weighted by Crippen LogP contribution is -2.30. The van der Waals surface area contributed by atoms with E-state index in [0.29, 0.717) is 6.54 Å². The molecule has 0 atom stereocenters. The molecule has 0 aliphatic heterocycles. The van der Waals surface area contributed by atoms with Crippen LogP contribution in [0.15, 0.2) is 23.1 Å². The van der Waals surface area contributed by atoms with Crippen molar-refractivity contribution in [2.75, 3.05) is 12.3 Å². The molecule has 3 N–H and O–H groups in total. The van der Waals surface area contributed by atoms with Gasteiger partial charge in [0.2, 0.25) is 10.0 Å². The number of sulfonamides is 1. The minimum atomic E-state index is -3.93. The van der Waals surface area contributed by atoms with Gasteiger partial charge in [-0.15, -0.1) is 0 Å². The molecule has 1 aromatic rings. The summed E-state index contributed by atoms with van der Waals surface area (Å²) in [6.45, 7) is 2.31. The first-order valence-corrected chi connectivity index (χ1v) is 7.82. The maximum Gasteiger partial charge on any atom is 0.312 e. The summed E-state index contributed by atoms with van der Waals surface area (Å²) in [6.07, 6.45) is 2.84. The molecule has 0 saturated heterocycles. The number of nitro groups is 1. The van der Waals surface area contributed by atoms with Crippen molar-refractivity contribution in [1.82, 2.24) is 4.72 Å². The van der Waals surface area contributed by atoms with Crippen LogP contribution in [0.3, 0.4) is 0 Å². The third-order valence-electron chi connectivity index (χ3n) is 3.85. The number of nitrogens with zero attached hydrogens (tertiary/aromatic N) is 1. The Hall–Kier alpha value is -1.67. The van der Waals surface area contributed by atoms with Crippen LogP contribution in [0, 0.1) is 15.5 Å². The standard InChI is InChI=1S/C12H17N3O4S/c1-2-12(6-7-12)8-14-20(18,19)10-5-3-4-9(13)11(10)15(16)17/h3-5,14H,2,6-8,13H2,1H3. The van der Waals surface area contributed by atoms with Crippen LogP contribution in [0.25, 0.3) is 0 Å². The number of rotatable bonds is 6. The molecule has 1 fully saturated rings. The second-order valence-corrected chi connectivity index (χ2v) is 6.86. The number of nitrogens with two attached hydrogens (primary N) is 1. The van der Waals surface area contributed by atoms with Crippen LogP contribution in [0.5, 0.6) is 0 Å². The van der Waals surface area contributed by atoms with Gasteiger partial charge < -0.3 is 5.73 Å². The molecule has 1 saturated carbocycles. The first kappa shape index (κ1) is 14.7. The summed E-state index contributed by atoms with van der Waals surface area (Å²) in [5.74, 6) is 0. The van der Waals surface area contributed by atoms with E-state index in [9.17, 15) is 18.5 Å². The van der Waals surface area contributed by atoms with Crippen LogP contribution in [0.4, 0.5) is 11.4 Å². The van der Waals surface area contributed by atoms with Crippen molar-refractivity contribution in [2.24, 2.45) is 5.41 Å². The van der Waals surface area contributed by atoms with Gasteiger partial charge in [0.1, 0.15) is 5.69 Å². The molecule has 0 bridgehead atoms. The van der Waals surface area contributed by atoms with Crippen molar-refractivity contribution in [3.05, 3.63) is 28.3 Å². The van der Waals surface area contributed by atoms with E-state index in [1.165, 1.54) is 18.2 Å². The summed E-state index contributed by atoms with van der Waals surface area (Å²) in [5, 5.41) is 11.0. The maximum atomic E-state index is 12.2. The van der Waals surface area contributed by atoms with Crippen molar-refractivity contribution in [1.29, 1.82) is 0 Å². The lowest BCUT2D eigenvalue weighted by atomic mass is 10.1. The fourth-order valence-corrected chi connectivity index (χ4v) is 3.47. The van der Waals surface area contributed by atoms with E-state index in [4.69, 9.17) is 5.73 Å². The van der Waals surface area contributed by atoms with Gasteiger partial charge in [-0.3, -0.25) is 10.1 Å². The molecule has 20 heavy (non-hydrogen) atoms. The summed E-state index contributed by atoms with van der Waals surface area (Å²) in [5.41, 5.74) is 4.80. The first-order valence-electron chi connectivity index (χ1n) is 6.34. The van der Waals surface area contributed by atoms with Gasteiger partial charge in [-0.2, -0.15) is 0 Å². The van der Waals surface area contributed by atoms with Gasteiger partial charge in [0, 0.05) is 6.54 Å². The van der Waals surface area contributed by atoms with Crippen LogP contribution in [0.2, 0.25) is 0 Å². The van der Waals surface area contributed by atoms with Crippen LogP contribution in [0.1, 0.15) is 26.2 Å². The minimum Gasteiger partial charge on any atom is -0.393 e. The van der Waals surface area contributed by atoms with Crippen molar-refractivity contribution in [2.45, 2.75) is 31.1 Å². The first-order chi connectivity index (χ1) is 9.31. The molecule has 0 heterocycles. The highest BCUT2D eigenvalue weighted by Gasteiger charge is 2.42. The van der Waals surface area contributed by atoms with E-state index >= 15 is 0 Å². The Bertz CT molecular complexity index is 638. The topological polar surface area (TPSA) is 115 Å². The SMILES string of the molecule is CCC1(CNS(=O)(=O)c2cccc(N)c2[N+](=O)[O-])CC1. The number of hydrogen-bond donors (Lipinski definition) is 2. The zero-order valence-electron chi connectivity index (χ0n) is 11.1. The lowest BCUT2D eigenvalue weighted by molar-refractivity contribution is -0.386. The van der Waals surface area contributed by atoms with Crippen molar-refractivity contribution in [3.63, 3.8) is 0 Å². The Kier molecular flexibility index (Phi) is 3.70. The van der Waals surface area contributed by atoms with Crippen molar-refractivity contribution < 1.29 is 13.3 Å². The Morgan fingerprint density at radius 1 is 1.45 bits per heavy atom. The molecule has 0 spiro atoms. The summed E-state index contributed by atoms with van der Waals surface area (Å²) < 4.78 is 26.9. The second kappa shape index (κ2) is 5.02. The average molecular weight is 299 g/mol. The third-order valence-corrected chi connectivity index (χ3v) is 5.28. The summed E-state index contributed by atoms with van der Waals surface area (Å²) in [7, 11) is -3.93. The quantitative estimate of drug-likeness (QED) is 0.470.